The summed E-state index contributed by atoms with van der Waals surface area (Å²) in [6.45, 7) is 44.0. The number of benzene rings is 5. The van der Waals surface area contributed by atoms with Gasteiger partial charge >= 0.3 is 88.6 Å². The van der Waals surface area contributed by atoms with E-state index in [2.05, 4.69) is 0 Å². The van der Waals surface area contributed by atoms with Crippen LogP contribution in [-0.4, -0.2) is 192 Å². The fourth-order valence-corrected chi connectivity index (χ4v) is 12.8. The maximum Gasteiger partial charge on any atom is 0.498 e. The maximum atomic E-state index is 14.5. The van der Waals surface area contributed by atoms with Crippen molar-refractivity contribution < 1.29 is 160 Å². The van der Waals surface area contributed by atoms with E-state index < -0.39 is 141 Å². The zero-order valence-electron chi connectivity index (χ0n) is 75.6. The first-order valence-corrected chi connectivity index (χ1v) is 45.9. The monoisotopic (exact) mass is 1890 g/mol. The Kier molecular flexibility index (Phi) is 43.3. The van der Waals surface area contributed by atoms with Crippen LogP contribution in [0, 0.1) is 29.1 Å². The molecule has 0 bridgehead atoms. The van der Waals surface area contributed by atoms with Crippen molar-refractivity contribution >= 4 is 116 Å². The third-order valence-electron chi connectivity index (χ3n) is 23.0. The van der Waals surface area contributed by atoms with Gasteiger partial charge in [-0.15, -0.1) is 63.1 Å². The molecule has 8 fully saturated rings. The molecule has 6 saturated heterocycles. The Morgan fingerprint density at radius 3 is 0.984 bits per heavy atom. The lowest BCUT2D eigenvalue weighted by Gasteiger charge is -2.32. The largest absolute Gasteiger partial charge is 0.498 e. The Morgan fingerprint density at radius 2 is 0.622 bits per heavy atom. The van der Waals surface area contributed by atoms with Crippen LogP contribution in [0.3, 0.4) is 0 Å². The topological polar surface area (TPSA) is 404 Å². The molecule has 0 radical (unpaired) electrons. The third kappa shape index (κ3) is 37.0. The summed E-state index contributed by atoms with van der Waals surface area (Å²) < 4.78 is 289. The first kappa shape index (κ1) is 112. The smallest absolute Gasteiger partial charge is 0.466 e. The van der Waals surface area contributed by atoms with Crippen molar-refractivity contribution in [2.45, 2.75) is 323 Å². The summed E-state index contributed by atoms with van der Waals surface area (Å²) in [5.74, 6) is -0.502. The summed E-state index contributed by atoms with van der Waals surface area (Å²) in [6, 6.07) is 26.4. The zero-order chi connectivity index (χ0) is 96.4. The molecule has 5 aromatic rings. The van der Waals surface area contributed by atoms with Crippen LogP contribution in [0.5, 0.6) is 17.2 Å². The quantitative estimate of drug-likeness (QED) is 0.0534. The van der Waals surface area contributed by atoms with Crippen LogP contribution in [0.2, 0.25) is 0 Å². The van der Waals surface area contributed by atoms with Gasteiger partial charge in [0.15, 0.2) is 30.4 Å². The van der Waals surface area contributed by atoms with E-state index in [0.29, 0.717) is 34.5 Å². The summed E-state index contributed by atoms with van der Waals surface area (Å²) >= 11 is 0. The summed E-state index contributed by atoms with van der Waals surface area (Å²) in [6.07, 6.45) is 13.7. The normalized spacial score (nSPS) is 21.1. The molecule has 706 valence electrons. The van der Waals surface area contributed by atoms with E-state index in [4.69, 9.17) is 138 Å². The summed E-state index contributed by atoms with van der Waals surface area (Å²) in [7, 11) is -18.3. The molecule has 3 unspecified atom stereocenters. The van der Waals surface area contributed by atoms with Gasteiger partial charge in [-0.05, 0) is 279 Å². The molecular weight excluding hydrogens is 1780 g/mol. The number of hydrogen-bond acceptors (Lipinski definition) is 31. The van der Waals surface area contributed by atoms with Crippen LogP contribution in [0.1, 0.15) is 236 Å². The van der Waals surface area contributed by atoms with Crippen LogP contribution in [0.15, 0.2) is 103 Å². The van der Waals surface area contributed by atoms with Crippen LogP contribution >= 0.6 is 0 Å². The van der Waals surface area contributed by atoms with Gasteiger partial charge in [-0.25, -0.2) is 22.0 Å². The van der Waals surface area contributed by atoms with E-state index in [0.717, 1.165) is 55.9 Å². The fourth-order valence-electron chi connectivity index (χ4n) is 12.8. The Bertz CT molecular complexity index is 4720. The molecule has 2 aliphatic carbocycles. The highest BCUT2D eigenvalue weighted by Crippen LogP contribution is 2.42. The van der Waals surface area contributed by atoms with Gasteiger partial charge in [-0.1, -0.05) is 68.9 Å². The first-order chi connectivity index (χ1) is 58.4. The van der Waals surface area contributed by atoms with Crippen molar-refractivity contribution in [2.75, 3.05) is 6.61 Å². The molecule has 2 saturated carbocycles. The molecule has 5 aromatic carbocycles. The average molecular weight is 1900 g/mol. The molecule has 8 aliphatic rings. The van der Waals surface area contributed by atoms with E-state index in [1.165, 1.54) is 93.1 Å². The lowest BCUT2D eigenvalue weighted by atomic mass is 9.78. The predicted molar refractivity (Wildman–Crippen MR) is 459 cm³/mol. The highest BCUT2D eigenvalue weighted by atomic mass is 32.2. The summed E-state index contributed by atoms with van der Waals surface area (Å²) in [5.41, 5.74) is -0.903. The zero-order valence-corrected chi connectivity index (χ0v) is 79.7. The highest BCUT2D eigenvalue weighted by molar-refractivity contribution is 7.59. The van der Waals surface area contributed by atoms with Crippen molar-refractivity contribution in [1.29, 1.82) is 0 Å². The van der Waals surface area contributed by atoms with Crippen molar-refractivity contribution in [2.24, 2.45) is 0 Å². The number of halogens is 5. The second-order valence-corrected chi connectivity index (χ2v) is 37.3. The molecule has 31 nitrogen and oxygen atoms in total. The van der Waals surface area contributed by atoms with E-state index in [9.17, 15) is 22.0 Å². The third-order valence-corrected chi connectivity index (χ3v) is 23.0. The lowest BCUT2D eigenvalue weighted by Crippen LogP contribution is -2.41. The van der Waals surface area contributed by atoms with E-state index in [-0.39, 0.29) is 69.9 Å². The molecule has 13 rings (SSSR count). The van der Waals surface area contributed by atoms with Crippen molar-refractivity contribution in [3.8, 4) is 17.2 Å². The second-order valence-electron chi connectivity index (χ2n) is 35.2. The number of ether oxygens (including phenoxy) is 6. The average Bonchev–Trinajstić information content (AvgIpc) is 1.64. The van der Waals surface area contributed by atoms with E-state index in [1.807, 2.05) is 158 Å². The standard InChI is InChI=1S/2C20H30BFO4.C17H24BFO4.2C12H16BFO2.5O3S/c1-14(23-16-9-7-6-8-10-16)24-18-12-11-15(22)13-17(18)21-25-19(2,3)20(4,5)26-21;1-14(23-16-9-7-6-8-10-16)24-18-12-11-15(13-17(18)22)21-25-19(2,3)20(4,5)26-21;1-16(2)17(3,4)23-18(22-16)12-9-13(19)11-14(10-12)21-15-7-5-6-8-20-15;1-11(2)12(3,4)16-13(15-11)9-5-7-10(14)8-6-9;1-11(2)12(3,4)16-13(15-11)9-6-5-7-10(14)8-9;5*1-4(2)3/h2*11-14,16H,6-10H2,1-5H3;9-11,15H,5-8H2,1-4H3;2*5-8H,1-4H3;;;;;. The minimum Gasteiger partial charge on any atom is -0.466 e. The minimum atomic E-state index is -3.11. The van der Waals surface area contributed by atoms with Gasteiger partial charge in [0.2, 0.25) is 0 Å². The van der Waals surface area contributed by atoms with E-state index >= 15 is 0 Å². The molecule has 6 heterocycles. The van der Waals surface area contributed by atoms with Crippen LogP contribution in [-0.2, 0) is 114 Å². The molecule has 0 N–H and O–H groups in total. The van der Waals surface area contributed by atoms with Gasteiger partial charge in [0.05, 0.1) is 74.8 Å². The van der Waals surface area contributed by atoms with Crippen LogP contribution in [0.25, 0.3) is 0 Å². The Balaban J connectivity index is 0.000000318. The van der Waals surface area contributed by atoms with E-state index in [1.54, 1.807) is 42.5 Å². The van der Waals surface area contributed by atoms with Crippen molar-refractivity contribution in [1.82, 2.24) is 0 Å². The fraction of sp³-hybridized carbons (Fsp3) is 0.630. The van der Waals surface area contributed by atoms with Gasteiger partial charge in [0.1, 0.15) is 34.8 Å². The highest BCUT2D eigenvalue weighted by Gasteiger charge is 2.56. The van der Waals surface area contributed by atoms with Gasteiger partial charge in [-0.2, -0.15) is 0 Å². The molecule has 3 atom stereocenters. The summed E-state index contributed by atoms with van der Waals surface area (Å²) in [5, 5.41) is 0. The molecule has 0 aromatic heterocycles. The second kappa shape index (κ2) is 49.0. The van der Waals surface area contributed by atoms with Gasteiger partial charge in [0.25, 0.3) is 0 Å². The van der Waals surface area contributed by atoms with Crippen LogP contribution in [0.4, 0.5) is 22.0 Å². The summed E-state index contributed by atoms with van der Waals surface area (Å²) in [4.78, 5) is 0. The SMILES string of the molecule is CC(Oc1ccc(B2OC(C)(C)C(C)(C)O2)cc1F)OC1CCCCC1.CC(Oc1ccc(F)cc1B1OC(C)(C)C(C)(C)O1)OC1CCCCC1.CC1(C)OB(c2cc(F)cc(OC3CCCCO3)c2)OC1(C)C.CC1(C)OB(c2ccc(F)cc2)OC1(C)C.CC1(C)OB(c2cccc(F)c2)OC1(C)C.O=S(=O)=O.O=S(=O)=O.O=S(=O)=O.O=S(=O)=O.O=S(=O)=O. The predicted octanol–water partition coefficient (Wildman–Crippen LogP) is 10.7. The molecule has 0 amide bonds. The lowest BCUT2D eigenvalue weighted by molar-refractivity contribution is -0.118. The van der Waals surface area contributed by atoms with Gasteiger partial charge in [-0.3, -0.25) is 0 Å². The molecule has 6 aliphatic heterocycles. The van der Waals surface area contributed by atoms with Crippen LogP contribution < -0.4 is 41.5 Å². The molecule has 127 heavy (non-hydrogen) atoms. The molecule has 0 spiro atoms. The molecular formula is C81H116B5F5O31S5. The maximum absolute atomic E-state index is 14.5. The Hall–Kier alpha value is -6.95. The van der Waals surface area contributed by atoms with Gasteiger partial charge < -0.3 is 75.0 Å². The van der Waals surface area contributed by atoms with Crippen molar-refractivity contribution in [3.63, 3.8) is 0 Å². The number of hydrogen-bond donors (Lipinski definition) is 0. The van der Waals surface area contributed by atoms with Gasteiger partial charge in [0, 0.05) is 17.9 Å². The Morgan fingerprint density at radius 1 is 0.315 bits per heavy atom. The first-order valence-electron chi connectivity index (χ1n) is 40.9. The Labute approximate surface area is 750 Å². The minimum absolute atomic E-state index is 0.188. The molecule has 46 heteroatoms. The number of rotatable bonds is 15. The van der Waals surface area contributed by atoms with Crippen molar-refractivity contribution in [3.05, 3.63) is 132 Å².